The predicted octanol–water partition coefficient (Wildman–Crippen LogP) is 3.51. The summed E-state index contributed by atoms with van der Waals surface area (Å²) in [5.41, 5.74) is 3.50. The zero-order valence-electron chi connectivity index (χ0n) is 12.2. The van der Waals surface area contributed by atoms with Crippen LogP contribution in [-0.4, -0.2) is 19.1 Å². The fourth-order valence-corrected chi connectivity index (χ4v) is 2.02. The predicted molar refractivity (Wildman–Crippen MR) is 75.5 cm³/mol. The lowest BCUT2D eigenvalue weighted by molar-refractivity contribution is -0.118. The van der Waals surface area contributed by atoms with Crippen LogP contribution in [-0.2, 0) is 9.53 Å². The molecule has 0 unspecified atom stereocenters. The molecule has 1 aromatic carbocycles. The van der Waals surface area contributed by atoms with Crippen molar-refractivity contribution in [3.8, 4) is 0 Å². The van der Waals surface area contributed by atoms with E-state index in [-0.39, 0.29) is 5.91 Å². The zero-order chi connectivity index (χ0) is 14.6. The molecular formula is C15H21NO3. The number of ether oxygens (including phenoxy) is 1. The Morgan fingerprint density at radius 1 is 1.16 bits per heavy atom. The minimum Gasteiger partial charge on any atom is -0.452 e. The number of benzene rings is 1. The molecule has 19 heavy (non-hydrogen) atoms. The van der Waals surface area contributed by atoms with E-state index in [0.717, 1.165) is 21.6 Å². The van der Waals surface area contributed by atoms with Crippen LogP contribution in [0.5, 0.6) is 0 Å². The normalized spacial score (nSPS) is 10.2. The maximum Gasteiger partial charge on any atom is 0.420 e. The van der Waals surface area contributed by atoms with Gasteiger partial charge in [0, 0.05) is 6.42 Å². The molecule has 0 aliphatic rings. The molecule has 1 rings (SSSR count). The van der Waals surface area contributed by atoms with Gasteiger partial charge in [-0.25, -0.2) is 9.69 Å². The number of nitrogens with zero attached hydrogens (tertiary/aromatic N) is 1. The highest BCUT2D eigenvalue weighted by molar-refractivity contribution is 6.13. The van der Waals surface area contributed by atoms with Crippen LogP contribution < -0.4 is 4.90 Å². The van der Waals surface area contributed by atoms with Crippen molar-refractivity contribution in [2.45, 2.75) is 40.5 Å². The Morgan fingerprint density at radius 2 is 1.74 bits per heavy atom. The number of carbonyl (C=O) groups excluding carboxylic acids is 2. The average Bonchev–Trinajstić information content (AvgIpc) is 2.38. The molecule has 0 radical (unpaired) electrons. The van der Waals surface area contributed by atoms with Gasteiger partial charge in [-0.2, -0.15) is 0 Å². The van der Waals surface area contributed by atoms with Crippen LogP contribution in [0.2, 0.25) is 0 Å². The molecule has 0 atom stereocenters. The standard InChI is InChI=1S/C15H21NO3/c1-6-7-13(17)16(15(18)19-5)14-11(3)9-8-10(2)12(14)4/h8-9H,6-7H2,1-5H3. The van der Waals surface area contributed by atoms with Crippen LogP contribution in [0.3, 0.4) is 0 Å². The molecule has 0 aliphatic carbocycles. The average molecular weight is 263 g/mol. The summed E-state index contributed by atoms with van der Waals surface area (Å²) in [5.74, 6) is -0.230. The van der Waals surface area contributed by atoms with E-state index in [9.17, 15) is 9.59 Å². The first-order chi connectivity index (χ1) is 8.93. The number of carbonyl (C=O) groups is 2. The Kier molecular flexibility index (Phi) is 5.10. The molecule has 0 saturated carbocycles. The summed E-state index contributed by atoms with van der Waals surface area (Å²) in [6.07, 6.45) is 0.383. The summed E-state index contributed by atoms with van der Waals surface area (Å²) in [6, 6.07) is 3.89. The number of hydrogen-bond acceptors (Lipinski definition) is 3. The lowest BCUT2D eigenvalue weighted by Gasteiger charge is -2.24. The lowest BCUT2D eigenvalue weighted by Crippen LogP contribution is -2.37. The van der Waals surface area contributed by atoms with Gasteiger partial charge < -0.3 is 4.74 Å². The first kappa shape index (κ1) is 15.2. The van der Waals surface area contributed by atoms with Crippen LogP contribution >= 0.6 is 0 Å². The monoisotopic (exact) mass is 263 g/mol. The second-order valence-electron chi connectivity index (χ2n) is 4.62. The fraction of sp³-hybridized carbons (Fsp3) is 0.467. The Hall–Kier alpha value is -1.84. The molecule has 0 fully saturated rings. The smallest absolute Gasteiger partial charge is 0.420 e. The Labute approximate surface area is 114 Å². The number of anilines is 1. The third kappa shape index (κ3) is 3.13. The van der Waals surface area contributed by atoms with E-state index < -0.39 is 6.09 Å². The van der Waals surface area contributed by atoms with E-state index in [2.05, 4.69) is 0 Å². The summed E-state index contributed by atoms with van der Waals surface area (Å²) in [5, 5.41) is 0. The van der Waals surface area contributed by atoms with E-state index in [1.54, 1.807) is 0 Å². The van der Waals surface area contributed by atoms with Gasteiger partial charge in [0.1, 0.15) is 0 Å². The molecule has 4 nitrogen and oxygen atoms in total. The Bertz CT molecular complexity index is 494. The van der Waals surface area contributed by atoms with Crippen molar-refractivity contribution in [1.82, 2.24) is 0 Å². The first-order valence-electron chi connectivity index (χ1n) is 6.41. The topological polar surface area (TPSA) is 46.6 Å². The number of rotatable bonds is 3. The third-order valence-electron chi connectivity index (χ3n) is 3.20. The molecule has 0 bridgehead atoms. The molecule has 0 spiro atoms. The van der Waals surface area contributed by atoms with Crippen molar-refractivity contribution in [2.24, 2.45) is 0 Å². The summed E-state index contributed by atoms with van der Waals surface area (Å²) in [6.45, 7) is 7.66. The zero-order valence-corrected chi connectivity index (χ0v) is 12.2. The highest BCUT2D eigenvalue weighted by Gasteiger charge is 2.26. The number of hydrogen-bond donors (Lipinski definition) is 0. The summed E-state index contributed by atoms with van der Waals surface area (Å²) in [7, 11) is 1.29. The summed E-state index contributed by atoms with van der Waals surface area (Å²) in [4.78, 5) is 25.3. The third-order valence-corrected chi connectivity index (χ3v) is 3.20. The molecule has 4 heteroatoms. The second kappa shape index (κ2) is 6.36. The minimum absolute atomic E-state index is 0.230. The van der Waals surface area contributed by atoms with Crippen molar-refractivity contribution in [1.29, 1.82) is 0 Å². The first-order valence-corrected chi connectivity index (χ1v) is 6.41. The van der Waals surface area contributed by atoms with Crippen LogP contribution in [0.1, 0.15) is 36.5 Å². The van der Waals surface area contributed by atoms with Crippen molar-refractivity contribution in [3.05, 3.63) is 28.8 Å². The van der Waals surface area contributed by atoms with E-state index in [1.807, 2.05) is 39.8 Å². The molecule has 104 valence electrons. The van der Waals surface area contributed by atoms with Crippen LogP contribution in [0.25, 0.3) is 0 Å². The SMILES string of the molecule is CCCC(=O)N(C(=O)OC)c1c(C)ccc(C)c1C. The maximum atomic E-state index is 12.2. The van der Waals surface area contributed by atoms with Crippen molar-refractivity contribution in [2.75, 3.05) is 12.0 Å². The summed E-state index contributed by atoms with van der Waals surface area (Å²) < 4.78 is 4.75. The van der Waals surface area contributed by atoms with Gasteiger partial charge >= 0.3 is 6.09 Å². The van der Waals surface area contributed by atoms with Crippen LogP contribution in [0.15, 0.2) is 12.1 Å². The van der Waals surface area contributed by atoms with Gasteiger partial charge in [-0.3, -0.25) is 4.79 Å². The van der Waals surface area contributed by atoms with Crippen molar-refractivity contribution in [3.63, 3.8) is 0 Å². The van der Waals surface area contributed by atoms with Gasteiger partial charge in [0.25, 0.3) is 0 Å². The molecule has 1 aromatic rings. The number of amides is 2. The number of aryl methyl sites for hydroxylation is 2. The van der Waals surface area contributed by atoms with Gasteiger partial charge in [0.05, 0.1) is 12.8 Å². The fourth-order valence-electron chi connectivity index (χ4n) is 2.02. The molecule has 0 N–H and O–H groups in total. The largest absolute Gasteiger partial charge is 0.452 e. The van der Waals surface area contributed by atoms with Crippen LogP contribution in [0.4, 0.5) is 10.5 Å². The number of methoxy groups -OCH3 is 1. The van der Waals surface area contributed by atoms with Crippen molar-refractivity contribution >= 4 is 17.7 Å². The van der Waals surface area contributed by atoms with Gasteiger partial charge in [-0.1, -0.05) is 19.1 Å². The van der Waals surface area contributed by atoms with Crippen LogP contribution in [0, 0.1) is 20.8 Å². The highest BCUT2D eigenvalue weighted by Crippen LogP contribution is 2.28. The van der Waals surface area contributed by atoms with Gasteiger partial charge in [-0.05, 0) is 43.9 Å². The molecule has 0 aliphatic heterocycles. The van der Waals surface area contributed by atoms with Gasteiger partial charge in [0.2, 0.25) is 5.91 Å². The van der Waals surface area contributed by atoms with E-state index >= 15 is 0 Å². The minimum atomic E-state index is -0.629. The Balaban J connectivity index is 3.37. The second-order valence-corrected chi connectivity index (χ2v) is 4.62. The molecule has 2 amide bonds. The van der Waals surface area contributed by atoms with E-state index in [0.29, 0.717) is 18.5 Å². The molecular weight excluding hydrogens is 242 g/mol. The lowest BCUT2D eigenvalue weighted by atomic mass is 10.0. The molecule has 0 aromatic heterocycles. The highest BCUT2D eigenvalue weighted by atomic mass is 16.5. The van der Waals surface area contributed by atoms with E-state index in [4.69, 9.17) is 4.74 Å². The molecule has 0 saturated heterocycles. The van der Waals surface area contributed by atoms with Gasteiger partial charge in [0.15, 0.2) is 0 Å². The van der Waals surface area contributed by atoms with Crippen molar-refractivity contribution < 1.29 is 14.3 Å². The molecule has 0 heterocycles. The maximum absolute atomic E-state index is 12.2. The van der Waals surface area contributed by atoms with E-state index in [1.165, 1.54) is 7.11 Å². The quantitative estimate of drug-likeness (QED) is 0.838. The number of imide groups is 1. The Morgan fingerprint density at radius 3 is 2.26 bits per heavy atom. The van der Waals surface area contributed by atoms with Gasteiger partial charge in [-0.15, -0.1) is 0 Å². The summed E-state index contributed by atoms with van der Waals surface area (Å²) >= 11 is 0.